The number of ether oxygens (including phenoxy) is 1. The van der Waals surface area contributed by atoms with Gasteiger partial charge in [-0.2, -0.15) is 0 Å². The van der Waals surface area contributed by atoms with Crippen molar-refractivity contribution in [3.63, 3.8) is 0 Å². The van der Waals surface area contributed by atoms with Crippen LogP contribution in [-0.2, 0) is 4.74 Å². The van der Waals surface area contributed by atoms with Crippen LogP contribution in [0.1, 0.15) is 24.2 Å². The number of aliphatic hydroxyl groups excluding tert-OH is 1. The molecule has 1 N–H and O–H groups in total. The Hall–Kier alpha value is -0.650. The number of hydrogen-bond acceptors (Lipinski definition) is 4. The molecule has 0 aliphatic carbocycles. The maximum Gasteiger partial charge on any atom is 0.181 e. The second-order valence-corrected chi connectivity index (χ2v) is 6.19. The van der Waals surface area contributed by atoms with E-state index >= 15 is 0 Å². The van der Waals surface area contributed by atoms with Gasteiger partial charge in [0.25, 0.3) is 0 Å². The van der Waals surface area contributed by atoms with Gasteiger partial charge in [0.2, 0.25) is 0 Å². The molecule has 1 fully saturated rings. The van der Waals surface area contributed by atoms with Crippen LogP contribution in [0.2, 0.25) is 10.0 Å². The van der Waals surface area contributed by atoms with Gasteiger partial charge in [0.15, 0.2) is 5.78 Å². The molecule has 0 bridgehead atoms. The normalized spacial score (nSPS) is 24.8. The molecule has 1 aliphatic heterocycles. The molecule has 0 saturated carbocycles. The van der Waals surface area contributed by atoms with Gasteiger partial charge in [0.1, 0.15) is 0 Å². The number of carbonyl (C=O) groups excluding carboxylic acids is 1. The van der Waals surface area contributed by atoms with Gasteiger partial charge in [0, 0.05) is 23.2 Å². The van der Waals surface area contributed by atoms with E-state index in [4.69, 9.17) is 27.9 Å². The van der Waals surface area contributed by atoms with Crippen molar-refractivity contribution in [2.75, 3.05) is 19.8 Å². The molecule has 116 valence electrons. The van der Waals surface area contributed by atoms with Crippen LogP contribution in [0.15, 0.2) is 18.2 Å². The highest BCUT2D eigenvalue weighted by atomic mass is 35.5. The lowest BCUT2D eigenvalue weighted by Crippen LogP contribution is -2.55. The smallest absolute Gasteiger partial charge is 0.181 e. The Kier molecular flexibility index (Phi) is 5.63. The van der Waals surface area contributed by atoms with E-state index in [-0.39, 0.29) is 30.6 Å². The number of carbonyl (C=O) groups is 1. The molecule has 4 nitrogen and oxygen atoms in total. The van der Waals surface area contributed by atoms with E-state index in [1.54, 1.807) is 18.2 Å². The van der Waals surface area contributed by atoms with Crippen molar-refractivity contribution in [2.45, 2.75) is 32.0 Å². The summed E-state index contributed by atoms with van der Waals surface area (Å²) in [5.74, 6) is -0.0536. The van der Waals surface area contributed by atoms with Crippen molar-refractivity contribution < 1.29 is 14.6 Å². The van der Waals surface area contributed by atoms with Gasteiger partial charge in [-0.1, -0.05) is 23.2 Å². The molecule has 21 heavy (non-hydrogen) atoms. The van der Waals surface area contributed by atoms with Gasteiger partial charge in [-0.15, -0.1) is 0 Å². The number of aliphatic hydroxyl groups is 1. The lowest BCUT2D eigenvalue weighted by molar-refractivity contribution is -0.0846. The Morgan fingerprint density at radius 1 is 1.52 bits per heavy atom. The Balaban J connectivity index is 2.17. The highest BCUT2D eigenvalue weighted by molar-refractivity contribution is 6.37. The number of Topliss-reactive ketones (excluding diaryl/α,β-unsaturated/α-hetero) is 1. The highest BCUT2D eigenvalue weighted by Crippen LogP contribution is 2.24. The van der Waals surface area contributed by atoms with Gasteiger partial charge in [0.05, 0.1) is 30.4 Å². The van der Waals surface area contributed by atoms with Crippen LogP contribution in [0.4, 0.5) is 0 Å². The fraction of sp³-hybridized carbons (Fsp3) is 0.533. The molecule has 1 heterocycles. The van der Waals surface area contributed by atoms with Crippen LogP contribution in [0.3, 0.4) is 0 Å². The van der Waals surface area contributed by atoms with Crippen molar-refractivity contribution in [3.8, 4) is 0 Å². The molecule has 2 rings (SSSR count). The first-order valence-corrected chi connectivity index (χ1v) is 7.67. The van der Waals surface area contributed by atoms with Crippen LogP contribution in [-0.4, -0.2) is 53.7 Å². The fourth-order valence-electron chi connectivity index (χ4n) is 2.55. The first kappa shape index (κ1) is 16.7. The molecule has 1 aromatic carbocycles. The van der Waals surface area contributed by atoms with Gasteiger partial charge in [-0.25, -0.2) is 0 Å². The number of ketones is 1. The second-order valence-electron chi connectivity index (χ2n) is 5.35. The summed E-state index contributed by atoms with van der Waals surface area (Å²) in [6, 6.07) is 4.65. The summed E-state index contributed by atoms with van der Waals surface area (Å²) in [7, 11) is 0. The van der Waals surface area contributed by atoms with Crippen LogP contribution >= 0.6 is 23.2 Å². The monoisotopic (exact) mass is 331 g/mol. The fourth-order valence-corrected chi connectivity index (χ4v) is 3.06. The molecule has 1 aliphatic rings. The van der Waals surface area contributed by atoms with Gasteiger partial charge in [-0.05, 0) is 32.0 Å². The quantitative estimate of drug-likeness (QED) is 0.862. The Labute approximate surface area is 134 Å². The summed E-state index contributed by atoms with van der Waals surface area (Å²) in [4.78, 5) is 14.7. The average molecular weight is 332 g/mol. The van der Waals surface area contributed by atoms with Crippen LogP contribution in [0.5, 0.6) is 0 Å². The van der Waals surface area contributed by atoms with E-state index in [0.717, 1.165) is 0 Å². The van der Waals surface area contributed by atoms with E-state index < -0.39 is 0 Å². The predicted octanol–water partition coefficient (Wildman–Crippen LogP) is 2.65. The summed E-state index contributed by atoms with van der Waals surface area (Å²) >= 11 is 12.0. The van der Waals surface area contributed by atoms with E-state index in [0.29, 0.717) is 28.8 Å². The molecule has 3 atom stereocenters. The molecule has 0 amide bonds. The third-order valence-electron chi connectivity index (χ3n) is 3.83. The van der Waals surface area contributed by atoms with E-state index in [2.05, 4.69) is 0 Å². The van der Waals surface area contributed by atoms with Crippen LogP contribution in [0.25, 0.3) is 0 Å². The Morgan fingerprint density at radius 3 is 2.86 bits per heavy atom. The molecule has 0 aromatic heterocycles. The third-order valence-corrected chi connectivity index (χ3v) is 4.38. The standard InChI is InChI=1S/C15H19Cl2NO3/c1-9-8-21-12(7-19)6-18(9)10(2)15(20)13-4-3-11(16)5-14(13)17/h3-5,9-10,12,19H,6-8H2,1-2H3. The summed E-state index contributed by atoms with van der Waals surface area (Å²) < 4.78 is 5.50. The molecule has 6 heteroatoms. The summed E-state index contributed by atoms with van der Waals surface area (Å²) in [5, 5.41) is 10.1. The highest BCUT2D eigenvalue weighted by Gasteiger charge is 2.33. The van der Waals surface area contributed by atoms with Gasteiger partial charge >= 0.3 is 0 Å². The third kappa shape index (κ3) is 3.76. The number of rotatable bonds is 4. The topological polar surface area (TPSA) is 49.8 Å². The predicted molar refractivity (Wildman–Crippen MR) is 83.2 cm³/mol. The van der Waals surface area contributed by atoms with Gasteiger partial charge < -0.3 is 9.84 Å². The van der Waals surface area contributed by atoms with Crippen LogP contribution < -0.4 is 0 Å². The number of morpholine rings is 1. The lowest BCUT2D eigenvalue weighted by Gasteiger charge is -2.40. The molecular formula is C15H19Cl2NO3. The number of benzene rings is 1. The maximum absolute atomic E-state index is 12.6. The Morgan fingerprint density at radius 2 is 2.24 bits per heavy atom. The van der Waals surface area contributed by atoms with Crippen molar-refractivity contribution in [1.29, 1.82) is 0 Å². The van der Waals surface area contributed by atoms with Crippen molar-refractivity contribution in [3.05, 3.63) is 33.8 Å². The zero-order chi connectivity index (χ0) is 15.6. The first-order chi connectivity index (χ1) is 9.93. The number of hydrogen-bond donors (Lipinski definition) is 1. The largest absolute Gasteiger partial charge is 0.394 e. The molecule has 1 saturated heterocycles. The molecule has 0 spiro atoms. The van der Waals surface area contributed by atoms with Crippen LogP contribution in [0, 0.1) is 0 Å². The average Bonchev–Trinajstić information content (AvgIpc) is 2.46. The Bertz CT molecular complexity index is 524. The number of nitrogens with zero attached hydrogens (tertiary/aromatic N) is 1. The summed E-state index contributed by atoms with van der Waals surface area (Å²) in [6.07, 6.45) is -0.253. The van der Waals surface area contributed by atoms with Crippen molar-refractivity contribution in [2.24, 2.45) is 0 Å². The van der Waals surface area contributed by atoms with Crippen molar-refractivity contribution in [1.82, 2.24) is 4.90 Å². The molecule has 3 unspecified atom stereocenters. The lowest BCUT2D eigenvalue weighted by atomic mass is 10.0. The maximum atomic E-state index is 12.6. The number of halogens is 2. The zero-order valence-corrected chi connectivity index (χ0v) is 13.6. The minimum atomic E-state index is -0.336. The summed E-state index contributed by atoms with van der Waals surface area (Å²) in [6.45, 7) is 4.82. The van der Waals surface area contributed by atoms with Crippen molar-refractivity contribution >= 4 is 29.0 Å². The SMILES string of the molecule is CC1COC(CO)CN1C(C)C(=O)c1ccc(Cl)cc1Cl. The first-order valence-electron chi connectivity index (χ1n) is 6.91. The minimum absolute atomic E-state index is 0.0498. The molecular weight excluding hydrogens is 313 g/mol. The van der Waals surface area contributed by atoms with E-state index in [1.165, 1.54) is 0 Å². The summed E-state index contributed by atoms with van der Waals surface area (Å²) in [5.41, 5.74) is 0.466. The van der Waals surface area contributed by atoms with E-state index in [9.17, 15) is 9.90 Å². The van der Waals surface area contributed by atoms with E-state index in [1.807, 2.05) is 18.7 Å². The molecule has 1 aromatic rings. The van der Waals surface area contributed by atoms with Gasteiger partial charge in [-0.3, -0.25) is 9.69 Å². The molecule has 0 radical (unpaired) electrons. The zero-order valence-electron chi connectivity index (χ0n) is 12.1. The second kappa shape index (κ2) is 7.07. The minimum Gasteiger partial charge on any atom is -0.394 e.